The Bertz CT molecular complexity index is 1370. The molecule has 6 heteroatoms. The predicted molar refractivity (Wildman–Crippen MR) is 132 cm³/mol. The average Bonchev–Trinajstić information content (AvgIpc) is 3.33. The van der Waals surface area contributed by atoms with Gasteiger partial charge in [-0.25, -0.2) is 4.79 Å². The minimum atomic E-state index is -0.396. The Morgan fingerprint density at radius 1 is 0.941 bits per heavy atom. The van der Waals surface area contributed by atoms with Gasteiger partial charge in [0.2, 0.25) is 5.82 Å². The molecule has 1 aromatic heterocycles. The maximum absolute atomic E-state index is 13.3. The van der Waals surface area contributed by atoms with Gasteiger partial charge in [0.05, 0.1) is 18.2 Å². The lowest BCUT2D eigenvalue weighted by atomic mass is 9.94. The number of amides is 2. The van der Waals surface area contributed by atoms with E-state index in [1.165, 1.54) is 0 Å². The highest BCUT2D eigenvalue weighted by molar-refractivity contribution is 5.87. The standard InChI is InChI=1S/C28H26N4O2/c1-18-10-9-15-22(16-18)26-30-27(34-31-26)24-20(3)32(17-23-14-8-7-11-19(23)2)28(33)29-25(24)21-12-5-4-6-13-21/h4-16,25H,17H2,1-3H3,(H,29,33). The molecular weight excluding hydrogens is 424 g/mol. The fraction of sp³-hybridized carbons (Fsp3) is 0.179. The first-order valence-electron chi connectivity index (χ1n) is 11.3. The first-order valence-corrected chi connectivity index (χ1v) is 11.3. The van der Waals surface area contributed by atoms with Gasteiger partial charge in [0.25, 0.3) is 5.89 Å². The Morgan fingerprint density at radius 2 is 1.71 bits per heavy atom. The second kappa shape index (κ2) is 8.98. The number of aromatic nitrogens is 2. The first-order chi connectivity index (χ1) is 16.5. The summed E-state index contributed by atoms with van der Waals surface area (Å²) in [5, 5.41) is 7.42. The maximum Gasteiger partial charge on any atom is 0.322 e. The molecule has 5 rings (SSSR count). The number of carbonyl (C=O) groups is 1. The van der Waals surface area contributed by atoms with E-state index in [0.29, 0.717) is 18.3 Å². The lowest BCUT2D eigenvalue weighted by molar-refractivity contribution is 0.203. The van der Waals surface area contributed by atoms with E-state index in [-0.39, 0.29) is 6.03 Å². The predicted octanol–water partition coefficient (Wildman–Crippen LogP) is 6.05. The van der Waals surface area contributed by atoms with E-state index in [2.05, 4.69) is 23.5 Å². The van der Waals surface area contributed by atoms with Crippen LogP contribution >= 0.6 is 0 Å². The van der Waals surface area contributed by atoms with Gasteiger partial charge in [-0.3, -0.25) is 4.90 Å². The van der Waals surface area contributed by atoms with E-state index in [1.54, 1.807) is 4.90 Å². The van der Waals surface area contributed by atoms with Gasteiger partial charge in [0.1, 0.15) is 0 Å². The van der Waals surface area contributed by atoms with Crippen molar-refractivity contribution in [1.29, 1.82) is 0 Å². The molecule has 0 saturated heterocycles. The fourth-order valence-corrected chi connectivity index (χ4v) is 4.34. The van der Waals surface area contributed by atoms with E-state index >= 15 is 0 Å². The molecule has 0 spiro atoms. The molecule has 34 heavy (non-hydrogen) atoms. The van der Waals surface area contributed by atoms with Crippen LogP contribution in [0.15, 0.2) is 89.1 Å². The Kier molecular flexibility index (Phi) is 5.72. The van der Waals surface area contributed by atoms with Crippen LogP contribution in [0.4, 0.5) is 4.79 Å². The van der Waals surface area contributed by atoms with Gasteiger partial charge in [-0.15, -0.1) is 0 Å². The normalized spacial score (nSPS) is 16.0. The number of aryl methyl sites for hydroxylation is 2. The molecule has 1 unspecified atom stereocenters. The highest BCUT2D eigenvalue weighted by Gasteiger charge is 2.35. The first kappa shape index (κ1) is 21.6. The van der Waals surface area contributed by atoms with Crippen molar-refractivity contribution in [2.45, 2.75) is 33.4 Å². The monoisotopic (exact) mass is 450 g/mol. The topological polar surface area (TPSA) is 71.3 Å². The Morgan fingerprint density at radius 3 is 2.47 bits per heavy atom. The molecule has 3 aromatic carbocycles. The Hall–Kier alpha value is -4.19. The molecule has 1 aliphatic rings. The zero-order chi connectivity index (χ0) is 23.7. The molecule has 1 aliphatic heterocycles. The summed E-state index contributed by atoms with van der Waals surface area (Å²) in [6, 6.07) is 25.4. The van der Waals surface area contributed by atoms with Crippen molar-refractivity contribution in [3.8, 4) is 11.4 Å². The second-order valence-corrected chi connectivity index (χ2v) is 8.60. The van der Waals surface area contributed by atoms with E-state index in [0.717, 1.165) is 39.1 Å². The number of nitrogens with zero attached hydrogens (tertiary/aromatic N) is 3. The number of hydrogen-bond donors (Lipinski definition) is 1. The van der Waals surface area contributed by atoms with Crippen molar-refractivity contribution in [2.24, 2.45) is 0 Å². The van der Waals surface area contributed by atoms with Crippen molar-refractivity contribution in [2.75, 3.05) is 0 Å². The SMILES string of the molecule is CC1=C(c2nc(-c3cccc(C)c3)no2)C(c2ccccc2)NC(=O)N1Cc1ccccc1C. The summed E-state index contributed by atoms with van der Waals surface area (Å²) in [6.45, 7) is 6.48. The summed E-state index contributed by atoms with van der Waals surface area (Å²) in [5.74, 6) is 0.922. The summed E-state index contributed by atoms with van der Waals surface area (Å²) in [7, 11) is 0. The van der Waals surface area contributed by atoms with Crippen LogP contribution in [0.3, 0.4) is 0 Å². The maximum atomic E-state index is 13.3. The van der Waals surface area contributed by atoms with Gasteiger partial charge < -0.3 is 9.84 Å². The molecule has 2 heterocycles. The largest absolute Gasteiger partial charge is 0.334 e. The molecule has 4 aromatic rings. The van der Waals surface area contributed by atoms with Gasteiger partial charge >= 0.3 is 6.03 Å². The van der Waals surface area contributed by atoms with Crippen molar-refractivity contribution < 1.29 is 9.32 Å². The van der Waals surface area contributed by atoms with Crippen molar-refractivity contribution in [1.82, 2.24) is 20.4 Å². The molecule has 0 fully saturated rings. The number of hydrogen-bond acceptors (Lipinski definition) is 4. The quantitative estimate of drug-likeness (QED) is 0.402. The number of carbonyl (C=O) groups excluding carboxylic acids is 1. The summed E-state index contributed by atoms with van der Waals surface area (Å²) >= 11 is 0. The van der Waals surface area contributed by atoms with Gasteiger partial charge in [-0.1, -0.05) is 83.5 Å². The molecule has 0 saturated carbocycles. The number of allylic oxidation sites excluding steroid dienone is 1. The van der Waals surface area contributed by atoms with Crippen LogP contribution < -0.4 is 5.32 Å². The highest BCUT2D eigenvalue weighted by Crippen LogP contribution is 2.38. The van der Waals surface area contributed by atoms with Gasteiger partial charge in [-0.2, -0.15) is 4.98 Å². The van der Waals surface area contributed by atoms with Crippen LogP contribution in [-0.4, -0.2) is 21.1 Å². The third-order valence-electron chi connectivity index (χ3n) is 6.25. The second-order valence-electron chi connectivity index (χ2n) is 8.60. The Balaban J connectivity index is 1.61. The zero-order valence-corrected chi connectivity index (χ0v) is 19.4. The molecular formula is C28H26N4O2. The molecule has 0 aliphatic carbocycles. The summed E-state index contributed by atoms with van der Waals surface area (Å²) in [4.78, 5) is 19.7. The molecule has 0 bridgehead atoms. The molecule has 2 amide bonds. The van der Waals surface area contributed by atoms with Gasteiger partial charge in [-0.05, 0) is 43.5 Å². The number of urea groups is 1. The molecule has 1 atom stereocenters. The minimum Gasteiger partial charge on any atom is -0.334 e. The van der Waals surface area contributed by atoms with Crippen LogP contribution in [0.25, 0.3) is 17.0 Å². The van der Waals surface area contributed by atoms with Crippen molar-refractivity contribution >= 4 is 11.6 Å². The van der Waals surface area contributed by atoms with Crippen LogP contribution in [0.1, 0.15) is 41.1 Å². The minimum absolute atomic E-state index is 0.156. The van der Waals surface area contributed by atoms with Crippen molar-refractivity contribution in [3.63, 3.8) is 0 Å². The lowest BCUT2D eigenvalue weighted by Crippen LogP contribution is -2.45. The lowest BCUT2D eigenvalue weighted by Gasteiger charge is -2.35. The van der Waals surface area contributed by atoms with Crippen LogP contribution in [0.2, 0.25) is 0 Å². The van der Waals surface area contributed by atoms with E-state index in [4.69, 9.17) is 9.51 Å². The fourth-order valence-electron chi connectivity index (χ4n) is 4.34. The van der Waals surface area contributed by atoms with E-state index in [9.17, 15) is 4.79 Å². The van der Waals surface area contributed by atoms with Crippen molar-refractivity contribution in [3.05, 3.63) is 113 Å². The molecule has 0 radical (unpaired) electrons. The number of nitrogens with one attached hydrogen (secondary N) is 1. The van der Waals surface area contributed by atoms with Crippen LogP contribution in [-0.2, 0) is 6.54 Å². The molecule has 170 valence electrons. The van der Waals surface area contributed by atoms with Crippen LogP contribution in [0.5, 0.6) is 0 Å². The van der Waals surface area contributed by atoms with Crippen LogP contribution in [0, 0.1) is 13.8 Å². The highest BCUT2D eigenvalue weighted by atomic mass is 16.5. The zero-order valence-electron chi connectivity index (χ0n) is 19.4. The average molecular weight is 451 g/mol. The molecule has 6 nitrogen and oxygen atoms in total. The third-order valence-corrected chi connectivity index (χ3v) is 6.25. The number of rotatable bonds is 5. The Labute approximate surface area is 198 Å². The number of benzene rings is 3. The van der Waals surface area contributed by atoms with E-state index in [1.807, 2.05) is 86.6 Å². The van der Waals surface area contributed by atoms with E-state index < -0.39 is 6.04 Å². The third kappa shape index (κ3) is 4.10. The smallest absolute Gasteiger partial charge is 0.322 e. The van der Waals surface area contributed by atoms with Gasteiger partial charge in [0, 0.05) is 11.3 Å². The summed E-state index contributed by atoms with van der Waals surface area (Å²) in [5.41, 5.74) is 6.77. The summed E-state index contributed by atoms with van der Waals surface area (Å²) < 4.78 is 5.78. The van der Waals surface area contributed by atoms with Gasteiger partial charge in [0.15, 0.2) is 0 Å². The summed E-state index contributed by atoms with van der Waals surface area (Å²) in [6.07, 6.45) is 0. The molecule has 1 N–H and O–H groups in total.